The molecule has 66 valence electrons. The molecular formula is C9H19NO. The van der Waals surface area contributed by atoms with Crippen LogP contribution in [-0.4, -0.2) is 24.8 Å². The quantitative estimate of drug-likeness (QED) is 0.656. The fraction of sp³-hybridized carbons (Fsp3) is 1.00. The van der Waals surface area contributed by atoms with Gasteiger partial charge in [-0.05, 0) is 20.3 Å². The van der Waals surface area contributed by atoms with Crippen LogP contribution in [0, 0.1) is 0 Å². The first-order valence-corrected chi connectivity index (χ1v) is 4.53. The Bertz CT molecular complexity index is 117. The fourth-order valence-corrected chi connectivity index (χ4v) is 1.52. The third-order valence-corrected chi connectivity index (χ3v) is 2.29. The topological polar surface area (TPSA) is 21.3 Å². The molecule has 0 aromatic carbocycles. The summed E-state index contributed by atoms with van der Waals surface area (Å²) in [6.07, 6.45) is 2.36. The zero-order chi connectivity index (χ0) is 8.32. The molecular weight excluding hydrogens is 138 g/mol. The summed E-state index contributed by atoms with van der Waals surface area (Å²) in [7, 11) is 0. The Hall–Kier alpha value is -0.0800. The maximum atomic E-state index is 5.76. The van der Waals surface area contributed by atoms with E-state index in [9.17, 15) is 0 Å². The number of ether oxygens (including phenoxy) is 1. The maximum absolute atomic E-state index is 5.76. The van der Waals surface area contributed by atoms with Gasteiger partial charge in [0.1, 0.15) is 0 Å². The highest BCUT2D eigenvalue weighted by molar-refractivity contribution is 4.83. The average Bonchev–Trinajstić information content (AvgIpc) is 1.97. The normalized spacial score (nSPS) is 39.0. The predicted molar refractivity (Wildman–Crippen MR) is 46.7 cm³/mol. The molecule has 0 aromatic heterocycles. The number of morpholine rings is 1. The average molecular weight is 157 g/mol. The predicted octanol–water partition coefficient (Wildman–Crippen LogP) is 1.55. The van der Waals surface area contributed by atoms with Crippen LogP contribution in [-0.2, 0) is 4.74 Å². The van der Waals surface area contributed by atoms with Crippen molar-refractivity contribution < 1.29 is 4.74 Å². The molecule has 0 bridgehead atoms. The summed E-state index contributed by atoms with van der Waals surface area (Å²) in [5.41, 5.74) is 0.0985. The maximum Gasteiger partial charge on any atom is 0.0779 e. The monoisotopic (exact) mass is 157 g/mol. The van der Waals surface area contributed by atoms with Crippen molar-refractivity contribution in [1.29, 1.82) is 0 Å². The molecule has 1 heterocycles. The molecule has 2 nitrogen and oxygen atoms in total. The summed E-state index contributed by atoms with van der Waals surface area (Å²) < 4.78 is 5.76. The molecule has 11 heavy (non-hydrogen) atoms. The van der Waals surface area contributed by atoms with Gasteiger partial charge in [-0.25, -0.2) is 0 Å². The van der Waals surface area contributed by atoms with Gasteiger partial charge in [-0.15, -0.1) is 0 Å². The van der Waals surface area contributed by atoms with Crippen LogP contribution in [0.3, 0.4) is 0 Å². The highest BCUT2D eigenvalue weighted by Gasteiger charge is 2.28. The second kappa shape index (κ2) is 3.55. The van der Waals surface area contributed by atoms with E-state index < -0.39 is 0 Å². The number of hydrogen-bond acceptors (Lipinski definition) is 2. The summed E-state index contributed by atoms with van der Waals surface area (Å²) in [4.78, 5) is 0. The molecule has 2 atom stereocenters. The van der Waals surface area contributed by atoms with E-state index in [-0.39, 0.29) is 5.60 Å². The molecule has 1 rings (SSSR count). The molecule has 0 amide bonds. The van der Waals surface area contributed by atoms with Crippen molar-refractivity contribution in [1.82, 2.24) is 5.32 Å². The number of hydrogen-bond donors (Lipinski definition) is 1. The van der Waals surface area contributed by atoms with E-state index in [0.29, 0.717) is 6.04 Å². The van der Waals surface area contributed by atoms with Gasteiger partial charge in [0, 0.05) is 12.6 Å². The molecule has 2 unspecified atom stereocenters. The van der Waals surface area contributed by atoms with Crippen molar-refractivity contribution in [2.24, 2.45) is 0 Å². The van der Waals surface area contributed by atoms with Crippen molar-refractivity contribution in [3.63, 3.8) is 0 Å². The summed E-state index contributed by atoms with van der Waals surface area (Å²) in [6.45, 7) is 8.41. The van der Waals surface area contributed by atoms with Crippen molar-refractivity contribution in [2.75, 3.05) is 13.2 Å². The highest BCUT2D eigenvalue weighted by Crippen LogP contribution is 2.19. The Morgan fingerprint density at radius 2 is 2.36 bits per heavy atom. The lowest BCUT2D eigenvalue weighted by Gasteiger charge is -2.37. The summed E-state index contributed by atoms with van der Waals surface area (Å²) >= 11 is 0. The largest absolute Gasteiger partial charge is 0.372 e. The van der Waals surface area contributed by atoms with Crippen LogP contribution in [0.1, 0.15) is 33.6 Å². The third-order valence-electron chi connectivity index (χ3n) is 2.29. The molecule has 2 heteroatoms. The molecule has 1 aliphatic rings. The minimum Gasteiger partial charge on any atom is -0.372 e. The van der Waals surface area contributed by atoms with Crippen molar-refractivity contribution in [2.45, 2.75) is 45.3 Å². The number of rotatable bonds is 2. The van der Waals surface area contributed by atoms with E-state index in [1.807, 2.05) is 0 Å². The molecule has 0 aromatic rings. The van der Waals surface area contributed by atoms with Crippen LogP contribution in [0.25, 0.3) is 0 Å². The summed E-state index contributed by atoms with van der Waals surface area (Å²) in [5.74, 6) is 0. The van der Waals surface area contributed by atoms with Crippen LogP contribution >= 0.6 is 0 Å². The SMILES string of the molecule is CCCC1(C)CNC(C)CO1. The van der Waals surface area contributed by atoms with Crippen molar-refractivity contribution in [3.05, 3.63) is 0 Å². The lowest BCUT2D eigenvalue weighted by molar-refractivity contribution is -0.0729. The zero-order valence-electron chi connectivity index (χ0n) is 7.81. The van der Waals surface area contributed by atoms with E-state index >= 15 is 0 Å². The standard InChI is InChI=1S/C9H19NO/c1-4-5-9(3)7-10-8(2)6-11-9/h8,10H,4-7H2,1-3H3. The van der Waals surface area contributed by atoms with Crippen molar-refractivity contribution in [3.8, 4) is 0 Å². The summed E-state index contributed by atoms with van der Waals surface area (Å²) in [6, 6.07) is 0.528. The van der Waals surface area contributed by atoms with Gasteiger partial charge in [0.2, 0.25) is 0 Å². The van der Waals surface area contributed by atoms with Gasteiger partial charge < -0.3 is 10.1 Å². The van der Waals surface area contributed by atoms with E-state index in [1.54, 1.807) is 0 Å². The first-order chi connectivity index (χ1) is 5.16. The lowest BCUT2D eigenvalue weighted by atomic mass is 9.98. The molecule has 0 aliphatic carbocycles. The Balaban J connectivity index is 2.35. The molecule has 0 spiro atoms. The lowest BCUT2D eigenvalue weighted by Crippen LogP contribution is -2.51. The van der Waals surface area contributed by atoms with Crippen LogP contribution in [0.15, 0.2) is 0 Å². The number of nitrogens with one attached hydrogen (secondary N) is 1. The van der Waals surface area contributed by atoms with Crippen LogP contribution in [0.5, 0.6) is 0 Å². The minimum atomic E-state index is 0.0985. The smallest absolute Gasteiger partial charge is 0.0779 e. The van der Waals surface area contributed by atoms with Gasteiger partial charge in [0.05, 0.1) is 12.2 Å². The van der Waals surface area contributed by atoms with E-state index in [0.717, 1.165) is 19.6 Å². The molecule has 1 fully saturated rings. The first-order valence-electron chi connectivity index (χ1n) is 4.53. The third kappa shape index (κ3) is 2.46. The second-order valence-electron chi connectivity index (χ2n) is 3.79. The Labute approximate surface area is 69.3 Å². The molecule has 0 radical (unpaired) electrons. The van der Waals surface area contributed by atoms with Gasteiger partial charge >= 0.3 is 0 Å². The van der Waals surface area contributed by atoms with Gasteiger partial charge in [-0.1, -0.05) is 13.3 Å². The Kier molecular flexibility index (Phi) is 2.90. The minimum absolute atomic E-state index is 0.0985. The Morgan fingerprint density at radius 3 is 2.82 bits per heavy atom. The van der Waals surface area contributed by atoms with E-state index in [2.05, 4.69) is 26.1 Å². The molecule has 1 N–H and O–H groups in total. The Morgan fingerprint density at radius 1 is 1.64 bits per heavy atom. The van der Waals surface area contributed by atoms with Crippen molar-refractivity contribution >= 4 is 0 Å². The van der Waals surface area contributed by atoms with E-state index in [1.165, 1.54) is 6.42 Å². The fourth-order valence-electron chi connectivity index (χ4n) is 1.52. The van der Waals surface area contributed by atoms with Gasteiger partial charge in [0.15, 0.2) is 0 Å². The molecule has 0 saturated carbocycles. The van der Waals surface area contributed by atoms with Gasteiger partial charge in [-0.3, -0.25) is 0 Å². The zero-order valence-corrected chi connectivity index (χ0v) is 7.81. The second-order valence-corrected chi connectivity index (χ2v) is 3.79. The summed E-state index contributed by atoms with van der Waals surface area (Å²) in [5, 5.41) is 3.43. The molecule has 1 aliphatic heterocycles. The van der Waals surface area contributed by atoms with Crippen LogP contribution in [0.2, 0.25) is 0 Å². The highest BCUT2D eigenvalue weighted by atomic mass is 16.5. The van der Waals surface area contributed by atoms with Crippen LogP contribution < -0.4 is 5.32 Å². The van der Waals surface area contributed by atoms with Gasteiger partial charge in [-0.2, -0.15) is 0 Å². The van der Waals surface area contributed by atoms with E-state index in [4.69, 9.17) is 4.74 Å². The first kappa shape index (κ1) is 9.01. The van der Waals surface area contributed by atoms with Gasteiger partial charge in [0.25, 0.3) is 0 Å². The molecule has 1 saturated heterocycles. The van der Waals surface area contributed by atoms with Crippen LogP contribution in [0.4, 0.5) is 0 Å².